The molecule has 0 aliphatic heterocycles. The molecule has 0 fully saturated rings. The van der Waals surface area contributed by atoms with Crippen LogP contribution >= 0.6 is 11.6 Å². The molecule has 30 heavy (non-hydrogen) atoms. The summed E-state index contributed by atoms with van der Waals surface area (Å²) in [5.74, 6) is -1.40. The van der Waals surface area contributed by atoms with E-state index in [2.05, 4.69) is 0 Å². The lowest BCUT2D eigenvalue weighted by Crippen LogP contribution is -2.32. The van der Waals surface area contributed by atoms with E-state index in [4.69, 9.17) is 11.6 Å². The summed E-state index contributed by atoms with van der Waals surface area (Å²) in [6.45, 7) is 7.95. The average Bonchev–Trinajstić information content (AvgIpc) is 2.67. The molecule has 0 saturated carbocycles. The van der Waals surface area contributed by atoms with Gasteiger partial charge in [0, 0.05) is 29.5 Å². The molecule has 1 aromatic carbocycles. The number of aryl methyl sites for hydroxylation is 2. The molecule has 0 radical (unpaired) electrons. The standard InChI is InChI=1S/C23H25ClN2O4/c1-5-25-13(3)11-17(27)20(22(25)29)19(15-7-9-16(24)10-8-15)21-18(28)12-14(4)26(6-2)23(21)30/h7-12,19,27-28H,5-6H2,1-4H3. The summed E-state index contributed by atoms with van der Waals surface area (Å²) in [5.41, 5.74) is 1.06. The quantitative estimate of drug-likeness (QED) is 0.645. The van der Waals surface area contributed by atoms with Gasteiger partial charge in [0.1, 0.15) is 11.5 Å². The summed E-state index contributed by atoms with van der Waals surface area (Å²) in [5, 5.41) is 22.0. The van der Waals surface area contributed by atoms with Gasteiger partial charge in [0.05, 0.1) is 17.0 Å². The molecular formula is C23H25ClN2O4. The summed E-state index contributed by atoms with van der Waals surface area (Å²) in [6.07, 6.45) is 0. The van der Waals surface area contributed by atoms with Crippen LogP contribution in [0, 0.1) is 13.8 Å². The third-order valence-corrected chi connectivity index (χ3v) is 5.71. The van der Waals surface area contributed by atoms with Crippen molar-refractivity contribution in [3.8, 4) is 11.5 Å². The highest BCUT2D eigenvalue weighted by atomic mass is 35.5. The topological polar surface area (TPSA) is 84.5 Å². The van der Waals surface area contributed by atoms with E-state index in [9.17, 15) is 19.8 Å². The number of aromatic nitrogens is 2. The summed E-state index contributed by atoms with van der Waals surface area (Å²) >= 11 is 6.04. The molecule has 7 heteroatoms. The molecule has 2 N–H and O–H groups in total. The molecule has 2 heterocycles. The molecule has 0 atom stereocenters. The Morgan fingerprint density at radius 3 is 1.60 bits per heavy atom. The minimum Gasteiger partial charge on any atom is -0.507 e. The molecule has 3 rings (SSSR count). The second kappa shape index (κ2) is 8.40. The normalized spacial score (nSPS) is 11.3. The lowest BCUT2D eigenvalue weighted by molar-refractivity contribution is 0.449. The Bertz CT molecular complexity index is 1140. The number of aromatic hydroxyl groups is 2. The second-order valence-corrected chi connectivity index (χ2v) is 7.69. The SMILES string of the molecule is CCn1c(C)cc(O)c(C(c2ccc(Cl)cc2)c2c(O)cc(C)n(CC)c2=O)c1=O. The average molecular weight is 429 g/mol. The van der Waals surface area contributed by atoms with Crippen molar-refractivity contribution in [2.75, 3.05) is 0 Å². The molecule has 0 saturated heterocycles. The largest absolute Gasteiger partial charge is 0.507 e. The highest BCUT2D eigenvalue weighted by Gasteiger charge is 2.30. The van der Waals surface area contributed by atoms with Gasteiger partial charge in [0.2, 0.25) is 0 Å². The summed E-state index contributed by atoms with van der Waals surface area (Å²) < 4.78 is 3.06. The zero-order valence-corrected chi connectivity index (χ0v) is 18.2. The number of nitrogens with zero attached hydrogens (tertiary/aromatic N) is 2. The lowest BCUT2D eigenvalue weighted by atomic mass is 9.85. The summed E-state index contributed by atoms with van der Waals surface area (Å²) in [7, 11) is 0. The van der Waals surface area contributed by atoms with Crippen molar-refractivity contribution in [3.05, 3.63) is 90.2 Å². The first kappa shape index (κ1) is 21.7. The van der Waals surface area contributed by atoms with Crippen LogP contribution < -0.4 is 11.1 Å². The van der Waals surface area contributed by atoms with Gasteiger partial charge in [-0.3, -0.25) is 9.59 Å². The Balaban J connectivity index is 2.47. The van der Waals surface area contributed by atoms with Gasteiger partial charge >= 0.3 is 0 Å². The first-order chi connectivity index (χ1) is 14.2. The molecule has 0 spiro atoms. The summed E-state index contributed by atoms with van der Waals surface area (Å²) in [6, 6.07) is 9.70. The first-order valence-electron chi connectivity index (χ1n) is 9.83. The van der Waals surface area contributed by atoms with Crippen LogP contribution in [0.5, 0.6) is 11.5 Å². The van der Waals surface area contributed by atoms with Crippen LogP contribution in [0.1, 0.15) is 47.8 Å². The van der Waals surface area contributed by atoms with Gasteiger partial charge in [-0.1, -0.05) is 23.7 Å². The number of hydrogen-bond acceptors (Lipinski definition) is 4. The van der Waals surface area contributed by atoms with Crippen LogP contribution in [0.4, 0.5) is 0 Å². The van der Waals surface area contributed by atoms with Crippen molar-refractivity contribution in [1.29, 1.82) is 0 Å². The molecule has 3 aromatic rings. The first-order valence-corrected chi connectivity index (χ1v) is 10.2. The molecule has 2 aromatic heterocycles. The Morgan fingerprint density at radius 1 is 0.833 bits per heavy atom. The lowest BCUT2D eigenvalue weighted by Gasteiger charge is -2.23. The fourth-order valence-corrected chi connectivity index (χ4v) is 4.12. The van der Waals surface area contributed by atoms with E-state index in [0.29, 0.717) is 35.1 Å². The van der Waals surface area contributed by atoms with Gasteiger partial charge in [0.25, 0.3) is 11.1 Å². The maximum atomic E-state index is 13.3. The van der Waals surface area contributed by atoms with Gasteiger partial charge in [-0.15, -0.1) is 0 Å². The van der Waals surface area contributed by atoms with Gasteiger partial charge in [-0.05, 0) is 57.5 Å². The van der Waals surface area contributed by atoms with Gasteiger partial charge in [-0.25, -0.2) is 0 Å². The van der Waals surface area contributed by atoms with E-state index in [1.165, 1.54) is 21.3 Å². The zero-order chi connectivity index (χ0) is 22.2. The van der Waals surface area contributed by atoms with E-state index in [1.807, 2.05) is 13.8 Å². The maximum absolute atomic E-state index is 13.3. The molecule has 6 nitrogen and oxygen atoms in total. The van der Waals surface area contributed by atoms with Crippen LogP contribution in [0.15, 0.2) is 46.0 Å². The highest BCUT2D eigenvalue weighted by molar-refractivity contribution is 6.30. The van der Waals surface area contributed by atoms with E-state index in [1.54, 1.807) is 38.1 Å². The second-order valence-electron chi connectivity index (χ2n) is 7.25. The van der Waals surface area contributed by atoms with Crippen molar-refractivity contribution in [2.24, 2.45) is 0 Å². The van der Waals surface area contributed by atoms with Crippen molar-refractivity contribution in [2.45, 2.75) is 46.7 Å². The smallest absolute Gasteiger partial charge is 0.258 e. The van der Waals surface area contributed by atoms with Crippen LogP contribution in [0.25, 0.3) is 0 Å². The molecule has 158 valence electrons. The number of halogens is 1. The molecular weight excluding hydrogens is 404 g/mol. The number of hydrogen-bond donors (Lipinski definition) is 2. The predicted octanol–water partition coefficient (Wildman–Crippen LogP) is 3.91. The van der Waals surface area contributed by atoms with Crippen molar-refractivity contribution >= 4 is 11.6 Å². The van der Waals surface area contributed by atoms with Gasteiger partial charge in [0.15, 0.2) is 0 Å². The molecule has 0 aliphatic carbocycles. The molecule has 0 bridgehead atoms. The fourth-order valence-electron chi connectivity index (χ4n) is 4.00. The molecule has 0 amide bonds. The van der Waals surface area contributed by atoms with Crippen molar-refractivity contribution < 1.29 is 10.2 Å². The zero-order valence-electron chi connectivity index (χ0n) is 17.4. The maximum Gasteiger partial charge on any atom is 0.258 e. The van der Waals surface area contributed by atoms with Gasteiger partial charge < -0.3 is 19.3 Å². The predicted molar refractivity (Wildman–Crippen MR) is 118 cm³/mol. The van der Waals surface area contributed by atoms with E-state index >= 15 is 0 Å². The monoisotopic (exact) mass is 428 g/mol. The Labute approximate surface area is 179 Å². The minimum atomic E-state index is -0.959. The number of pyridine rings is 2. The van der Waals surface area contributed by atoms with Crippen LogP contribution in [0.3, 0.4) is 0 Å². The van der Waals surface area contributed by atoms with Crippen LogP contribution in [-0.2, 0) is 13.1 Å². The summed E-state index contributed by atoms with van der Waals surface area (Å²) in [4.78, 5) is 26.7. The van der Waals surface area contributed by atoms with Crippen LogP contribution in [-0.4, -0.2) is 19.3 Å². The Kier molecular flexibility index (Phi) is 6.08. The Morgan fingerprint density at radius 2 is 1.23 bits per heavy atom. The number of rotatable bonds is 5. The van der Waals surface area contributed by atoms with E-state index in [0.717, 1.165) is 0 Å². The van der Waals surface area contributed by atoms with E-state index < -0.39 is 17.0 Å². The van der Waals surface area contributed by atoms with Gasteiger partial charge in [-0.2, -0.15) is 0 Å². The highest BCUT2D eigenvalue weighted by Crippen LogP contribution is 2.38. The van der Waals surface area contributed by atoms with Crippen molar-refractivity contribution in [3.63, 3.8) is 0 Å². The molecule has 0 aliphatic rings. The third kappa shape index (κ3) is 3.63. The number of benzene rings is 1. The van der Waals surface area contributed by atoms with Crippen LogP contribution in [0.2, 0.25) is 5.02 Å². The third-order valence-electron chi connectivity index (χ3n) is 5.46. The fraction of sp³-hybridized carbons (Fsp3) is 0.304. The minimum absolute atomic E-state index is 0.0451. The van der Waals surface area contributed by atoms with E-state index in [-0.39, 0.29) is 22.6 Å². The Hall–Kier alpha value is -2.99. The van der Waals surface area contributed by atoms with Crippen molar-refractivity contribution in [1.82, 2.24) is 9.13 Å². The molecule has 0 unspecified atom stereocenters.